The topological polar surface area (TPSA) is 83.8 Å². The van der Waals surface area contributed by atoms with E-state index in [-0.39, 0.29) is 11.8 Å². The van der Waals surface area contributed by atoms with Crippen molar-refractivity contribution in [1.29, 1.82) is 0 Å². The Balaban J connectivity index is 1.33. The van der Waals surface area contributed by atoms with Gasteiger partial charge < -0.3 is 19.4 Å². The molecule has 5 heterocycles. The van der Waals surface area contributed by atoms with E-state index in [2.05, 4.69) is 34.4 Å². The second-order valence-corrected chi connectivity index (χ2v) is 11.8. The summed E-state index contributed by atoms with van der Waals surface area (Å²) in [6.07, 6.45) is 5.88. The maximum absolute atomic E-state index is 14.7. The third kappa shape index (κ3) is 4.18. The second kappa shape index (κ2) is 10.0. The van der Waals surface area contributed by atoms with E-state index >= 15 is 0 Å². The number of hydrogen-bond acceptors (Lipinski definition) is 6. The lowest BCUT2D eigenvalue weighted by Crippen LogP contribution is -2.46. The minimum atomic E-state index is -0.867. The lowest BCUT2D eigenvalue weighted by molar-refractivity contribution is -0.135. The predicted octanol–water partition coefficient (Wildman–Crippen LogP) is 3.55. The number of hydrogen-bond donors (Lipinski definition) is 0. The predicted molar refractivity (Wildman–Crippen MR) is 150 cm³/mol. The number of aryl methyl sites for hydroxylation is 1. The number of carbonyl (C=O) groups excluding carboxylic acids is 2. The molecule has 2 fully saturated rings. The number of anilines is 1. The van der Waals surface area contributed by atoms with Crippen molar-refractivity contribution in [2.75, 3.05) is 38.2 Å². The number of carbonyl (C=O) groups is 2. The number of rotatable bonds is 2. The third-order valence-electron chi connectivity index (χ3n) is 9.33. The molecule has 9 nitrogen and oxygen atoms in total. The summed E-state index contributed by atoms with van der Waals surface area (Å²) in [5, 5.41) is 8.67. The molecule has 2 aromatic carbocycles. The van der Waals surface area contributed by atoms with Gasteiger partial charge in [0.2, 0.25) is 11.8 Å². The largest absolute Gasteiger partial charge is 0.494 e. The summed E-state index contributed by atoms with van der Waals surface area (Å²) in [5.74, 6) is 1.31. The second-order valence-electron chi connectivity index (χ2n) is 11.8. The fraction of sp³-hybridized carbons (Fsp3) is 0.484. The van der Waals surface area contributed by atoms with Gasteiger partial charge in [-0.25, -0.2) is 0 Å². The molecule has 2 saturated heterocycles. The van der Waals surface area contributed by atoms with E-state index in [0.717, 1.165) is 60.6 Å². The van der Waals surface area contributed by atoms with Gasteiger partial charge in [0.15, 0.2) is 0 Å². The first-order valence-electron chi connectivity index (χ1n) is 14.5. The fourth-order valence-corrected chi connectivity index (χ4v) is 7.28. The minimum Gasteiger partial charge on any atom is -0.494 e. The van der Waals surface area contributed by atoms with E-state index in [4.69, 9.17) is 4.74 Å². The van der Waals surface area contributed by atoms with Gasteiger partial charge in [0.25, 0.3) is 0 Å². The highest BCUT2D eigenvalue weighted by Gasteiger charge is 2.61. The van der Waals surface area contributed by atoms with Crippen LogP contribution in [0.1, 0.15) is 55.0 Å². The molecule has 4 aliphatic heterocycles. The molecule has 0 saturated carbocycles. The number of ether oxygens (including phenoxy) is 1. The highest BCUT2D eigenvalue weighted by atomic mass is 16.5. The first-order valence-corrected chi connectivity index (χ1v) is 14.5. The summed E-state index contributed by atoms with van der Waals surface area (Å²) in [4.78, 5) is 35.0. The molecule has 6 bridgehead atoms. The molecule has 7 rings (SSSR count). The summed E-state index contributed by atoms with van der Waals surface area (Å²) >= 11 is 0. The number of benzene rings is 2. The first-order chi connectivity index (χ1) is 19.5. The Morgan fingerprint density at radius 1 is 1.07 bits per heavy atom. The van der Waals surface area contributed by atoms with Gasteiger partial charge in [0.1, 0.15) is 16.9 Å². The Labute approximate surface area is 234 Å². The van der Waals surface area contributed by atoms with Gasteiger partial charge in [-0.05, 0) is 74.6 Å². The van der Waals surface area contributed by atoms with Crippen LogP contribution in [0.5, 0.6) is 5.75 Å². The third-order valence-corrected chi connectivity index (χ3v) is 9.33. The monoisotopic (exact) mass is 540 g/mol. The summed E-state index contributed by atoms with van der Waals surface area (Å²) in [7, 11) is 2.14. The van der Waals surface area contributed by atoms with Crippen LogP contribution in [-0.2, 0) is 28.1 Å². The van der Waals surface area contributed by atoms with Gasteiger partial charge >= 0.3 is 0 Å². The molecule has 40 heavy (non-hydrogen) atoms. The average Bonchev–Trinajstić information content (AvgIpc) is 3.65. The van der Waals surface area contributed by atoms with Crippen LogP contribution in [0.2, 0.25) is 0 Å². The van der Waals surface area contributed by atoms with Crippen molar-refractivity contribution in [3.05, 3.63) is 71.5 Å². The molecular weight excluding hydrogens is 504 g/mol. The highest BCUT2D eigenvalue weighted by molar-refractivity contribution is 6.09. The lowest BCUT2D eigenvalue weighted by Gasteiger charge is -2.36. The molecule has 1 aromatic heterocycles. The average molecular weight is 541 g/mol. The quantitative estimate of drug-likeness (QED) is 0.495. The van der Waals surface area contributed by atoms with E-state index in [1.165, 1.54) is 0 Å². The summed E-state index contributed by atoms with van der Waals surface area (Å²) < 4.78 is 7.97. The maximum Gasteiger partial charge on any atom is 0.240 e. The van der Waals surface area contributed by atoms with Crippen molar-refractivity contribution in [3.63, 3.8) is 0 Å². The zero-order chi connectivity index (χ0) is 27.3. The standard InChI is InChI=1S/C31H36N6O3/c1-34-14-10-22(11-15-34)18-28(38)36-16-12-31-26-8-2-3-9-27(26)37(30(31)39)21-24-20-35(33-32-24)13-5-17-40-25-7-4-6-23(19-25)29(31)36/h2-4,6-9,19-20,22,29H,5,10-18,21H2,1H3/t29-,31-/m0/s1. The Hall–Kier alpha value is -3.72. The first kappa shape index (κ1) is 25.3. The molecule has 0 N–H and O–H groups in total. The van der Waals surface area contributed by atoms with E-state index in [1.54, 1.807) is 0 Å². The number of aromatic nitrogens is 3. The minimum absolute atomic E-state index is 0.0315. The zero-order valence-corrected chi connectivity index (χ0v) is 23.0. The van der Waals surface area contributed by atoms with Gasteiger partial charge in [-0.2, -0.15) is 0 Å². The molecule has 0 radical (unpaired) electrons. The van der Waals surface area contributed by atoms with E-state index in [0.29, 0.717) is 45.0 Å². The van der Waals surface area contributed by atoms with Crippen molar-refractivity contribution < 1.29 is 14.3 Å². The molecule has 3 aromatic rings. The van der Waals surface area contributed by atoms with Crippen LogP contribution in [-0.4, -0.2) is 69.9 Å². The molecule has 4 aliphatic rings. The Kier molecular flexibility index (Phi) is 6.34. The molecular formula is C31H36N6O3. The van der Waals surface area contributed by atoms with Crippen LogP contribution >= 0.6 is 0 Å². The number of fused-ring (bicyclic) bond motifs is 8. The van der Waals surface area contributed by atoms with E-state index in [1.807, 2.05) is 57.1 Å². The summed E-state index contributed by atoms with van der Waals surface area (Å²) in [5.41, 5.74) is 2.73. The summed E-state index contributed by atoms with van der Waals surface area (Å²) in [6.45, 7) is 4.17. The number of likely N-dealkylation sites (tertiary alicyclic amines) is 2. The van der Waals surface area contributed by atoms with Gasteiger partial charge in [-0.3, -0.25) is 14.3 Å². The van der Waals surface area contributed by atoms with Crippen LogP contribution < -0.4 is 9.64 Å². The summed E-state index contributed by atoms with van der Waals surface area (Å²) in [6, 6.07) is 15.7. The molecule has 2 atom stereocenters. The zero-order valence-electron chi connectivity index (χ0n) is 23.0. The van der Waals surface area contributed by atoms with Crippen molar-refractivity contribution in [2.24, 2.45) is 5.92 Å². The van der Waals surface area contributed by atoms with Gasteiger partial charge in [0, 0.05) is 31.6 Å². The molecule has 1 spiro atoms. The smallest absolute Gasteiger partial charge is 0.240 e. The van der Waals surface area contributed by atoms with Crippen molar-refractivity contribution in [2.45, 2.75) is 56.7 Å². The normalized spacial score (nSPS) is 25.1. The van der Waals surface area contributed by atoms with Gasteiger partial charge in [-0.1, -0.05) is 35.5 Å². The van der Waals surface area contributed by atoms with Gasteiger partial charge in [-0.15, -0.1) is 5.10 Å². The molecule has 0 aliphatic carbocycles. The number of amides is 2. The van der Waals surface area contributed by atoms with E-state index in [9.17, 15) is 9.59 Å². The maximum atomic E-state index is 14.7. The Bertz CT molecular complexity index is 1430. The van der Waals surface area contributed by atoms with Crippen LogP contribution in [0.25, 0.3) is 0 Å². The van der Waals surface area contributed by atoms with Crippen LogP contribution in [0.3, 0.4) is 0 Å². The Morgan fingerprint density at radius 2 is 1.93 bits per heavy atom. The molecule has 9 heteroatoms. The van der Waals surface area contributed by atoms with Crippen molar-refractivity contribution >= 4 is 17.5 Å². The van der Waals surface area contributed by atoms with Crippen molar-refractivity contribution in [1.82, 2.24) is 24.8 Å². The van der Waals surface area contributed by atoms with Crippen LogP contribution in [0.4, 0.5) is 5.69 Å². The van der Waals surface area contributed by atoms with E-state index < -0.39 is 11.5 Å². The molecule has 2 amide bonds. The number of nitrogens with zero attached hydrogens (tertiary/aromatic N) is 6. The number of piperidine rings is 1. The van der Waals surface area contributed by atoms with Crippen molar-refractivity contribution in [3.8, 4) is 5.75 Å². The SMILES string of the molecule is CN1CCC(CC(=O)N2CC[C@@]34C(=O)N(Cc5cn(nn5)CCCOc5cccc(c5)[C@H]23)c2ccccc24)CC1. The van der Waals surface area contributed by atoms with Gasteiger partial charge in [0.05, 0.1) is 25.4 Å². The lowest BCUT2D eigenvalue weighted by atomic mass is 9.72. The highest BCUT2D eigenvalue weighted by Crippen LogP contribution is 2.57. The molecule has 208 valence electrons. The van der Waals surface area contributed by atoms with Crippen LogP contribution in [0, 0.1) is 5.92 Å². The van der Waals surface area contributed by atoms with Crippen LogP contribution in [0.15, 0.2) is 54.7 Å². The fourth-order valence-electron chi connectivity index (χ4n) is 7.28. The number of para-hydroxylation sites is 1. The Morgan fingerprint density at radius 3 is 2.80 bits per heavy atom. The molecule has 0 unspecified atom stereocenters.